The minimum absolute atomic E-state index is 0.126. The Balaban J connectivity index is 2.09. The van der Waals surface area contributed by atoms with Crippen LogP contribution in [0.4, 0.5) is 11.4 Å². The standard InChI is InChI=1S/C18H21N3O2/c1-3-19-13-17(22)20-15-9-7-8-14(12-15)18(23)21(2)16-10-5-4-6-11-16/h4-12,19H,3,13H2,1-2H3,(H,20,22). The van der Waals surface area contributed by atoms with Gasteiger partial charge < -0.3 is 15.5 Å². The minimum atomic E-state index is -0.132. The zero-order chi connectivity index (χ0) is 16.7. The molecule has 0 heterocycles. The number of hydrogen-bond donors (Lipinski definition) is 2. The van der Waals surface area contributed by atoms with E-state index < -0.39 is 0 Å². The molecular weight excluding hydrogens is 290 g/mol. The summed E-state index contributed by atoms with van der Waals surface area (Å²) in [5, 5.41) is 5.74. The van der Waals surface area contributed by atoms with Crippen LogP contribution in [0.1, 0.15) is 17.3 Å². The van der Waals surface area contributed by atoms with Gasteiger partial charge in [0.25, 0.3) is 5.91 Å². The highest BCUT2D eigenvalue weighted by Gasteiger charge is 2.14. The molecule has 0 atom stereocenters. The lowest BCUT2D eigenvalue weighted by atomic mass is 10.1. The number of amides is 2. The van der Waals surface area contributed by atoms with Gasteiger partial charge in [-0.25, -0.2) is 0 Å². The number of benzene rings is 2. The van der Waals surface area contributed by atoms with Crippen LogP contribution >= 0.6 is 0 Å². The summed E-state index contributed by atoms with van der Waals surface area (Å²) in [6.45, 7) is 2.92. The molecule has 2 aromatic carbocycles. The number of carbonyl (C=O) groups excluding carboxylic acids is 2. The number of anilines is 2. The Morgan fingerprint density at radius 3 is 2.48 bits per heavy atom. The van der Waals surface area contributed by atoms with Gasteiger partial charge in [0.1, 0.15) is 0 Å². The van der Waals surface area contributed by atoms with Crippen molar-refractivity contribution in [1.29, 1.82) is 0 Å². The average Bonchev–Trinajstić information content (AvgIpc) is 2.59. The third-order valence-corrected chi connectivity index (χ3v) is 3.38. The normalized spacial score (nSPS) is 10.2. The smallest absolute Gasteiger partial charge is 0.258 e. The molecule has 0 saturated heterocycles. The van der Waals surface area contributed by atoms with Crippen LogP contribution in [0, 0.1) is 0 Å². The van der Waals surface area contributed by atoms with E-state index in [9.17, 15) is 9.59 Å². The average molecular weight is 311 g/mol. The van der Waals surface area contributed by atoms with Crippen LogP contribution in [0.2, 0.25) is 0 Å². The Hall–Kier alpha value is -2.66. The Kier molecular flexibility index (Phi) is 5.88. The molecule has 0 spiro atoms. The van der Waals surface area contributed by atoms with Gasteiger partial charge in [-0.1, -0.05) is 31.2 Å². The van der Waals surface area contributed by atoms with Crippen molar-refractivity contribution in [2.75, 3.05) is 30.4 Å². The summed E-state index contributed by atoms with van der Waals surface area (Å²) >= 11 is 0. The van der Waals surface area contributed by atoms with Gasteiger partial charge in [0.15, 0.2) is 0 Å². The lowest BCUT2D eigenvalue weighted by Crippen LogP contribution is -2.28. The third kappa shape index (κ3) is 4.66. The lowest BCUT2D eigenvalue weighted by Gasteiger charge is -2.17. The second kappa shape index (κ2) is 8.10. The highest BCUT2D eigenvalue weighted by molar-refractivity contribution is 6.06. The van der Waals surface area contributed by atoms with Crippen LogP contribution in [-0.2, 0) is 4.79 Å². The SMILES string of the molecule is CCNCC(=O)Nc1cccc(C(=O)N(C)c2ccccc2)c1. The first-order valence-electron chi connectivity index (χ1n) is 7.55. The molecule has 0 aliphatic rings. The fourth-order valence-corrected chi connectivity index (χ4v) is 2.14. The molecule has 5 nitrogen and oxygen atoms in total. The second-order valence-electron chi connectivity index (χ2n) is 5.11. The van der Waals surface area contributed by atoms with Gasteiger partial charge in [-0.3, -0.25) is 9.59 Å². The van der Waals surface area contributed by atoms with Crippen LogP contribution in [-0.4, -0.2) is 32.0 Å². The molecule has 2 rings (SSSR count). The van der Waals surface area contributed by atoms with Gasteiger partial charge in [-0.2, -0.15) is 0 Å². The van der Waals surface area contributed by atoms with Crippen molar-refractivity contribution >= 4 is 23.2 Å². The number of carbonyl (C=O) groups is 2. The maximum Gasteiger partial charge on any atom is 0.258 e. The predicted molar refractivity (Wildman–Crippen MR) is 92.8 cm³/mol. The van der Waals surface area contributed by atoms with E-state index in [0.29, 0.717) is 11.3 Å². The molecule has 0 bridgehead atoms. The zero-order valence-corrected chi connectivity index (χ0v) is 13.4. The van der Waals surface area contributed by atoms with Crippen molar-refractivity contribution in [2.45, 2.75) is 6.92 Å². The minimum Gasteiger partial charge on any atom is -0.325 e. The quantitative estimate of drug-likeness (QED) is 0.861. The van der Waals surface area contributed by atoms with Crippen molar-refractivity contribution in [3.63, 3.8) is 0 Å². The maximum atomic E-state index is 12.6. The molecule has 2 amide bonds. The van der Waals surface area contributed by atoms with Gasteiger partial charge in [-0.15, -0.1) is 0 Å². The number of nitrogens with zero attached hydrogens (tertiary/aromatic N) is 1. The van der Waals surface area contributed by atoms with Crippen LogP contribution in [0.3, 0.4) is 0 Å². The largest absolute Gasteiger partial charge is 0.325 e. The molecule has 2 aromatic rings. The van der Waals surface area contributed by atoms with Gasteiger partial charge >= 0.3 is 0 Å². The summed E-state index contributed by atoms with van der Waals surface area (Å²) in [6.07, 6.45) is 0. The van der Waals surface area contributed by atoms with Gasteiger partial charge in [-0.05, 0) is 36.9 Å². The molecule has 0 aromatic heterocycles. The maximum absolute atomic E-state index is 12.6. The first-order valence-corrected chi connectivity index (χ1v) is 7.55. The summed E-state index contributed by atoms with van der Waals surface area (Å²) in [4.78, 5) is 25.9. The van der Waals surface area contributed by atoms with E-state index in [1.165, 1.54) is 0 Å². The molecule has 5 heteroatoms. The summed E-state index contributed by atoms with van der Waals surface area (Å²) < 4.78 is 0. The van der Waals surface area contributed by atoms with E-state index in [-0.39, 0.29) is 18.4 Å². The van der Waals surface area contributed by atoms with E-state index in [0.717, 1.165) is 12.2 Å². The predicted octanol–water partition coefficient (Wildman–Crippen LogP) is 2.51. The molecular formula is C18H21N3O2. The summed E-state index contributed by atoms with van der Waals surface area (Å²) in [5.74, 6) is -0.258. The number of likely N-dealkylation sites (N-methyl/N-ethyl adjacent to an activating group) is 1. The second-order valence-corrected chi connectivity index (χ2v) is 5.11. The summed E-state index contributed by atoms with van der Waals surface area (Å²) in [6, 6.07) is 16.4. The van der Waals surface area contributed by atoms with Crippen molar-refractivity contribution in [1.82, 2.24) is 5.32 Å². The number of rotatable bonds is 6. The Bertz CT molecular complexity index is 671. The molecule has 120 valence electrons. The van der Waals surface area contributed by atoms with E-state index >= 15 is 0 Å². The highest BCUT2D eigenvalue weighted by Crippen LogP contribution is 2.17. The molecule has 2 N–H and O–H groups in total. The van der Waals surface area contributed by atoms with Crippen LogP contribution in [0.5, 0.6) is 0 Å². The molecule has 23 heavy (non-hydrogen) atoms. The first-order chi connectivity index (χ1) is 11.1. The molecule has 0 fully saturated rings. The van der Waals surface area contributed by atoms with Crippen molar-refractivity contribution in [3.05, 3.63) is 60.2 Å². The number of nitrogens with one attached hydrogen (secondary N) is 2. The van der Waals surface area contributed by atoms with E-state index in [1.807, 2.05) is 37.3 Å². The lowest BCUT2D eigenvalue weighted by molar-refractivity contribution is -0.115. The Morgan fingerprint density at radius 1 is 1.04 bits per heavy atom. The van der Waals surface area contributed by atoms with Crippen molar-refractivity contribution in [2.24, 2.45) is 0 Å². The number of hydrogen-bond acceptors (Lipinski definition) is 3. The molecule has 0 aliphatic carbocycles. The summed E-state index contributed by atoms with van der Waals surface area (Å²) in [5.41, 5.74) is 1.96. The molecule has 0 radical (unpaired) electrons. The van der Waals surface area contributed by atoms with Crippen molar-refractivity contribution < 1.29 is 9.59 Å². The first kappa shape index (κ1) is 16.7. The van der Waals surface area contributed by atoms with Crippen LogP contribution in [0.25, 0.3) is 0 Å². The fraction of sp³-hybridized carbons (Fsp3) is 0.222. The van der Waals surface area contributed by atoms with Crippen LogP contribution < -0.4 is 15.5 Å². The topological polar surface area (TPSA) is 61.4 Å². The number of para-hydroxylation sites is 1. The van der Waals surface area contributed by atoms with Gasteiger partial charge in [0.05, 0.1) is 6.54 Å². The Labute approximate surface area is 136 Å². The Morgan fingerprint density at radius 2 is 1.78 bits per heavy atom. The zero-order valence-electron chi connectivity index (χ0n) is 13.4. The summed E-state index contributed by atoms with van der Waals surface area (Å²) in [7, 11) is 1.73. The van der Waals surface area contributed by atoms with Crippen LogP contribution in [0.15, 0.2) is 54.6 Å². The monoisotopic (exact) mass is 311 g/mol. The van der Waals surface area contributed by atoms with E-state index in [2.05, 4.69) is 10.6 Å². The molecule has 0 aliphatic heterocycles. The third-order valence-electron chi connectivity index (χ3n) is 3.38. The van der Waals surface area contributed by atoms with E-state index in [1.54, 1.807) is 36.2 Å². The van der Waals surface area contributed by atoms with Gasteiger partial charge in [0, 0.05) is 24.0 Å². The molecule has 0 unspecified atom stereocenters. The van der Waals surface area contributed by atoms with Gasteiger partial charge in [0.2, 0.25) is 5.91 Å². The highest BCUT2D eigenvalue weighted by atomic mass is 16.2. The van der Waals surface area contributed by atoms with Crippen molar-refractivity contribution in [3.8, 4) is 0 Å². The van der Waals surface area contributed by atoms with E-state index in [4.69, 9.17) is 0 Å². The molecule has 0 saturated carbocycles. The fourth-order valence-electron chi connectivity index (χ4n) is 2.14.